The Balaban J connectivity index is 1.90. The number of rotatable bonds is 7. The molecule has 7 atom stereocenters. The molecular formula is C18H28N2O6. The number of amides is 1. The molecule has 1 fully saturated rings. The van der Waals surface area contributed by atoms with Crippen molar-refractivity contribution >= 4 is 5.91 Å². The van der Waals surface area contributed by atoms with Gasteiger partial charge in [-0.25, -0.2) is 0 Å². The van der Waals surface area contributed by atoms with E-state index in [0.29, 0.717) is 6.42 Å². The molecule has 1 heterocycles. The van der Waals surface area contributed by atoms with Crippen LogP contribution in [-0.4, -0.2) is 70.6 Å². The predicted octanol–water partition coefficient (Wildman–Crippen LogP) is -1.09. The third kappa shape index (κ3) is 5.23. The number of nitrogens with two attached hydrogens (primary N) is 1. The van der Waals surface area contributed by atoms with Crippen LogP contribution in [0.3, 0.4) is 0 Å². The molecule has 1 aromatic rings. The molecule has 3 unspecified atom stereocenters. The Hall–Kier alpha value is -1.55. The number of nitrogens with one attached hydrogen (secondary N) is 1. The van der Waals surface area contributed by atoms with Crippen LogP contribution in [0.1, 0.15) is 19.4 Å². The summed E-state index contributed by atoms with van der Waals surface area (Å²) >= 11 is 0. The molecule has 146 valence electrons. The molecule has 0 spiro atoms. The number of aliphatic hydroxyl groups excluding tert-OH is 3. The highest BCUT2D eigenvalue weighted by atomic mass is 16.6. The number of aliphatic hydroxyl groups is 3. The monoisotopic (exact) mass is 368 g/mol. The summed E-state index contributed by atoms with van der Waals surface area (Å²) < 4.78 is 10.6. The van der Waals surface area contributed by atoms with E-state index in [4.69, 9.17) is 15.2 Å². The molecule has 1 saturated heterocycles. The van der Waals surface area contributed by atoms with Gasteiger partial charge in [0, 0.05) is 6.04 Å². The first kappa shape index (κ1) is 20.8. The van der Waals surface area contributed by atoms with E-state index in [0.717, 1.165) is 5.56 Å². The van der Waals surface area contributed by atoms with E-state index >= 15 is 0 Å². The van der Waals surface area contributed by atoms with E-state index in [2.05, 4.69) is 5.32 Å². The molecule has 2 rings (SSSR count). The van der Waals surface area contributed by atoms with Crippen LogP contribution in [0.15, 0.2) is 30.3 Å². The van der Waals surface area contributed by atoms with Crippen molar-refractivity contribution in [2.24, 2.45) is 5.73 Å². The molecule has 1 aliphatic heterocycles. The van der Waals surface area contributed by atoms with Crippen molar-refractivity contribution in [2.45, 2.75) is 63.1 Å². The smallest absolute Gasteiger partial charge is 0.249 e. The highest BCUT2D eigenvalue weighted by Gasteiger charge is 2.44. The van der Waals surface area contributed by atoms with E-state index in [1.54, 1.807) is 6.92 Å². The number of carbonyl (C=O) groups excluding carboxylic acids is 1. The molecule has 0 saturated carbocycles. The largest absolute Gasteiger partial charge is 0.394 e. The molecule has 0 radical (unpaired) electrons. The number of hydrogen-bond acceptors (Lipinski definition) is 7. The average Bonchev–Trinajstić information content (AvgIpc) is 2.62. The van der Waals surface area contributed by atoms with Gasteiger partial charge in [0.1, 0.15) is 24.4 Å². The normalized spacial score (nSPS) is 31.2. The van der Waals surface area contributed by atoms with Gasteiger partial charge in [-0.2, -0.15) is 0 Å². The van der Waals surface area contributed by atoms with Gasteiger partial charge in [-0.15, -0.1) is 0 Å². The summed E-state index contributed by atoms with van der Waals surface area (Å²) in [5.74, 6) is -0.352. The summed E-state index contributed by atoms with van der Waals surface area (Å²) in [6.45, 7) is 2.93. The second-order valence-corrected chi connectivity index (χ2v) is 6.66. The lowest BCUT2D eigenvalue weighted by Gasteiger charge is -2.41. The first-order valence-electron chi connectivity index (χ1n) is 8.71. The van der Waals surface area contributed by atoms with Crippen LogP contribution in [0.25, 0.3) is 0 Å². The Kier molecular flexibility index (Phi) is 7.51. The van der Waals surface area contributed by atoms with Crippen molar-refractivity contribution in [1.29, 1.82) is 0 Å². The second kappa shape index (κ2) is 9.40. The fourth-order valence-electron chi connectivity index (χ4n) is 2.95. The summed E-state index contributed by atoms with van der Waals surface area (Å²) in [4.78, 5) is 12.4. The summed E-state index contributed by atoms with van der Waals surface area (Å²) in [5.41, 5.74) is 6.91. The van der Waals surface area contributed by atoms with E-state index in [1.165, 1.54) is 0 Å². The maximum atomic E-state index is 12.4. The molecule has 1 aromatic carbocycles. The SMILES string of the molecule is C[C@@H](Cc1ccccc1)NC(=O)[C@@H](C)OC1[C@H](N)C(O)OC(CO)[C@H]1O. The molecule has 1 amide bonds. The van der Waals surface area contributed by atoms with Crippen LogP contribution in [0.2, 0.25) is 0 Å². The summed E-state index contributed by atoms with van der Waals surface area (Å²) in [6.07, 6.45) is -4.95. The van der Waals surface area contributed by atoms with Gasteiger partial charge in [0.05, 0.1) is 12.6 Å². The Labute approximate surface area is 152 Å². The summed E-state index contributed by atoms with van der Waals surface area (Å²) in [7, 11) is 0. The van der Waals surface area contributed by atoms with Gasteiger partial charge >= 0.3 is 0 Å². The Morgan fingerprint density at radius 2 is 1.96 bits per heavy atom. The minimum atomic E-state index is -1.40. The fourth-order valence-corrected chi connectivity index (χ4v) is 2.95. The van der Waals surface area contributed by atoms with Crippen molar-refractivity contribution in [3.63, 3.8) is 0 Å². The highest BCUT2D eigenvalue weighted by Crippen LogP contribution is 2.22. The van der Waals surface area contributed by atoms with Crippen molar-refractivity contribution < 1.29 is 29.6 Å². The van der Waals surface area contributed by atoms with Crippen LogP contribution < -0.4 is 11.1 Å². The van der Waals surface area contributed by atoms with Gasteiger partial charge in [-0.1, -0.05) is 30.3 Å². The molecule has 6 N–H and O–H groups in total. The zero-order valence-electron chi connectivity index (χ0n) is 15.0. The van der Waals surface area contributed by atoms with Crippen molar-refractivity contribution in [3.8, 4) is 0 Å². The lowest BCUT2D eigenvalue weighted by molar-refractivity contribution is -0.261. The zero-order chi connectivity index (χ0) is 19.3. The summed E-state index contributed by atoms with van der Waals surface area (Å²) in [5, 5.41) is 32.0. The maximum absolute atomic E-state index is 12.4. The van der Waals surface area contributed by atoms with Crippen LogP contribution in [0.4, 0.5) is 0 Å². The molecule has 26 heavy (non-hydrogen) atoms. The number of hydrogen-bond donors (Lipinski definition) is 5. The molecule has 8 nitrogen and oxygen atoms in total. The maximum Gasteiger partial charge on any atom is 0.249 e. The van der Waals surface area contributed by atoms with E-state index in [9.17, 15) is 20.1 Å². The molecule has 8 heteroatoms. The third-order valence-electron chi connectivity index (χ3n) is 4.42. The van der Waals surface area contributed by atoms with Crippen molar-refractivity contribution in [1.82, 2.24) is 5.32 Å². The highest BCUT2D eigenvalue weighted by molar-refractivity contribution is 5.80. The molecular weight excluding hydrogens is 340 g/mol. The number of benzene rings is 1. The number of carbonyl (C=O) groups is 1. The van der Waals surface area contributed by atoms with Gasteiger partial charge in [0.15, 0.2) is 6.29 Å². The van der Waals surface area contributed by atoms with Crippen molar-refractivity contribution in [3.05, 3.63) is 35.9 Å². The fraction of sp³-hybridized carbons (Fsp3) is 0.611. The van der Waals surface area contributed by atoms with Gasteiger partial charge in [0.2, 0.25) is 5.91 Å². The second-order valence-electron chi connectivity index (χ2n) is 6.66. The first-order chi connectivity index (χ1) is 12.3. The van der Waals surface area contributed by atoms with E-state index < -0.39 is 43.4 Å². The third-order valence-corrected chi connectivity index (χ3v) is 4.42. The van der Waals surface area contributed by atoms with Crippen LogP contribution >= 0.6 is 0 Å². The van der Waals surface area contributed by atoms with Crippen LogP contribution in [0, 0.1) is 0 Å². The molecule has 0 aliphatic carbocycles. The van der Waals surface area contributed by atoms with E-state index in [1.807, 2.05) is 37.3 Å². The molecule has 1 aliphatic rings. The average molecular weight is 368 g/mol. The van der Waals surface area contributed by atoms with Crippen LogP contribution in [-0.2, 0) is 20.7 Å². The number of ether oxygens (including phenoxy) is 2. The van der Waals surface area contributed by atoms with E-state index in [-0.39, 0.29) is 11.9 Å². The lowest BCUT2D eigenvalue weighted by atomic mass is 9.97. The lowest BCUT2D eigenvalue weighted by Crippen LogP contribution is -2.63. The predicted molar refractivity (Wildman–Crippen MR) is 94.0 cm³/mol. The Bertz CT molecular complexity index is 572. The topological polar surface area (TPSA) is 134 Å². The zero-order valence-corrected chi connectivity index (χ0v) is 15.0. The quantitative estimate of drug-likeness (QED) is 0.413. The molecule has 0 bridgehead atoms. The van der Waals surface area contributed by atoms with Crippen molar-refractivity contribution in [2.75, 3.05) is 6.61 Å². The van der Waals surface area contributed by atoms with Gasteiger partial charge in [-0.3, -0.25) is 4.79 Å². The minimum Gasteiger partial charge on any atom is -0.394 e. The standard InChI is InChI=1S/C18H28N2O6/c1-10(8-12-6-4-3-5-7-12)20-17(23)11(2)25-16-14(19)18(24)26-13(9-21)15(16)22/h3-7,10-11,13-16,18,21-22,24H,8-9,19H2,1-2H3,(H,20,23)/t10-,11+,13?,14-,15+,16?,18?/m0/s1. The van der Waals surface area contributed by atoms with Gasteiger partial charge < -0.3 is 35.8 Å². The minimum absolute atomic E-state index is 0.111. The van der Waals surface area contributed by atoms with Gasteiger partial charge in [0.25, 0.3) is 0 Å². The van der Waals surface area contributed by atoms with Gasteiger partial charge in [-0.05, 0) is 25.8 Å². The Morgan fingerprint density at radius 1 is 1.31 bits per heavy atom. The molecule has 0 aromatic heterocycles. The first-order valence-corrected chi connectivity index (χ1v) is 8.71. The summed E-state index contributed by atoms with van der Waals surface area (Å²) in [6, 6.07) is 8.62. The van der Waals surface area contributed by atoms with Crippen LogP contribution in [0.5, 0.6) is 0 Å². The Morgan fingerprint density at radius 3 is 2.58 bits per heavy atom.